The van der Waals surface area contributed by atoms with Crippen LogP contribution in [0.5, 0.6) is 5.75 Å². The highest BCUT2D eigenvalue weighted by Gasteiger charge is 2.26. The summed E-state index contributed by atoms with van der Waals surface area (Å²) in [4.78, 5) is 14.5. The quantitative estimate of drug-likeness (QED) is 0.395. The fourth-order valence-electron chi connectivity index (χ4n) is 2.98. The van der Waals surface area contributed by atoms with Crippen molar-refractivity contribution in [1.29, 1.82) is 0 Å². The molecule has 1 heterocycles. The number of carbonyl (C=O) groups excluding carboxylic acids is 1. The molecule has 2 aromatic rings. The van der Waals surface area contributed by atoms with Crippen LogP contribution in [0.25, 0.3) is 0 Å². The van der Waals surface area contributed by atoms with Crippen LogP contribution in [0.2, 0.25) is 0 Å². The third kappa shape index (κ3) is 3.96. The lowest BCUT2D eigenvalue weighted by molar-refractivity contribution is -0.135. The normalized spacial score (nSPS) is 13.8. The monoisotopic (exact) mass is 353 g/mol. The summed E-state index contributed by atoms with van der Waals surface area (Å²) in [5.41, 5.74) is 5.89. The van der Waals surface area contributed by atoms with Gasteiger partial charge < -0.3 is 14.4 Å². The van der Waals surface area contributed by atoms with Crippen LogP contribution in [0.4, 0.5) is 11.4 Å². The number of para-hydroxylation sites is 1. The number of benzene rings is 2. The van der Waals surface area contributed by atoms with E-state index in [0.717, 1.165) is 24.2 Å². The molecule has 3 rings (SSSR count). The molecule has 0 fully saturated rings. The first-order chi connectivity index (χ1) is 12.7. The smallest absolute Gasteiger partial charge is 0.376 e. The Morgan fingerprint density at radius 1 is 1.23 bits per heavy atom. The van der Waals surface area contributed by atoms with Crippen molar-refractivity contribution < 1.29 is 14.3 Å². The molecule has 1 aliphatic heterocycles. The van der Waals surface area contributed by atoms with Gasteiger partial charge in [0, 0.05) is 18.3 Å². The molecule has 26 heavy (non-hydrogen) atoms. The number of amidine groups is 1. The molecule has 1 aliphatic rings. The van der Waals surface area contributed by atoms with Gasteiger partial charge in [0.2, 0.25) is 5.84 Å². The van der Waals surface area contributed by atoms with E-state index in [-0.39, 0.29) is 5.84 Å². The molecule has 0 aliphatic carbocycles. The van der Waals surface area contributed by atoms with Gasteiger partial charge in [-0.25, -0.2) is 4.79 Å². The summed E-state index contributed by atoms with van der Waals surface area (Å²) in [5, 5.41) is 4.37. The summed E-state index contributed by atoms with van der Waals surface area (Å²) in [6.07, 6.45) is 1.95. The fourth-order valence-corrected chi connectivity index (χ4v) is 2.98. The van der Waals surface area contributed by atoms with Crippen molar-refractivity contribution in [3.63, 3.8) is 0 Å². The van der Waals surface area contributed by atoms with E-state index in [4.69, 9.17) is 9.47 Å². The van der Waals surface area contributed by atoms with Gasteiger partial charge in [0.15, 0.2) is 0 Å². The molecule has 0 saturated carbocycles. The van der Waals surface area contributed by atoms with Crippen molar-refractivity contribution in [1.82, 2.24) is 0 Å². The van der Waals surface area contributed by atoms with E-state index in [1.807, 2.05) is 47.4 Å². The summed E-state index contributed by atoms with van der Waals surface area (Å²) < 4.78 is 10.4. The number of esters is 1. The highest BCUT2D eigenvalue weighted by Crippen LogP contribution is 2.27. The number of nitrogens with zero attached hydrogens (tertiary/aromatic N) is 2. The number of hydrogen-bond acceptors (Lipinski definition) is 5. The number of carbonyl (C=O) groups is 1. The first-order valence-corrected chi connectivity index (χ1v) is 8.73. The Balaban J connectivity index is 1.92. The lowest BCUT2D eigenvalue weighted by Gasteiger charge is -2.30. The molecule has 1 N–H and O–H groups in total. The van der Waals surface area contributed by atoms with Crippen LogP contribution in [-0.4, -0.2) is 32.1 Å². The first kappa shape index (κ1) is 17.8. The van der Waals surface area contributed by atoms with E-state index >= 15 is 0 Å². The summed E-state index contributed by atoms with van der Waals surface area (Å²) in [7, 11) is 1.61. The topological polar surface area (TPSA) is 63.2 Å². The second-order valence-corrected chi connectivity index (χ2v) is 5.88. The molecular weight excluding hydrogens is 330 g/mol. The Hall–Kier alpha value is -3.02. The third-order valence-corrected chi connectivity index (χ3v) is 4.18. The molecule has 0 bridgehead atoms. The number of methoxy groups -OCH3 is 1. The number of anilines is 2. The van der Waals surface area contributed by atoms with E-state index in [1.165, 1.54) is 5.56 Å². The van der Waals surface area contributed by atoms with E-state index < -0.39 is 5.97 Å². The molecule has 0 aromatic heterocycles. The number of aryl methyl sites for hydroxylation is 1. The van der Waals surface area contributed by atoms with Gasteiger partial charge in [0.05, 0.1) is 19.4 Å². The van der Waals surface area contributed by atoms with Crippen molar-refractivity contribution in [2.45, 2.75) is 19.8 Å². The van der Waals surface area contributed by atoms with Crippen LogP contribution in [0.15, 0.2) is 53.6 Å². The number of nitrogens with one attached hydrogen (secondary N) is 1. The molecule has 6 heteroatoms. The molecule has 0 atom stereocenters. The minimum atomic E-state index is -0.445. The van der Waals surface area contributed by atoms with E-state index in [9.17, 15) is 4.79 Å². The van der Waals surface area contributed by atoms with Crippen LogP contribution in [-0.2, 0) is 16.0 Å². The number of fused-ring (bicyclic) bond motifs is 1. The van der Waals surface area contributed by atoms with E-state index in [1.54, 1.807) is 14.0 Å². The molecule has 0 spiro atoms. The van der Waals surface area contributed by atoms with Crippen molar-refractivity contribution in [3.05, 3.63) is 54.1 Å². The first-order valence-electron chi connectivity index (χ1n) is 8.73. The minimum Gasteiger partial charge on any atom is -0.497 e. The predicted molar refractivity (Wildman–Crippen MR) is 103 cm³/mol. The number of hydrogen-bond donors (Lipinski definition) is 1. The molecule has 136 valence electrons. The van der Waals surface area contributed by atoms with Crippen LogP contribution < -0.4 is 15.1 Å². The van der Waals surface area contributed by atoms with Crippen molar-refractivity contribution in [2.75, 3.05) is 30.6 Å². The summed E-state index contributed by atoms with van der Waals surface area (Å²) in [6, 6.07) is 15.5. The van der Waals surface area contributed by atoms with Crippen molar-refractivity contribution >= 4 is 23.2 Å². The Kier molecular flexibility index (Phi) is 5.73. The lowest BCUT2D eigenvalue weighted by atomic mass is 10.0. The zero-order valence-corrected chi connectivity index (χ0v) is 15.1. The highest BCUT2D eigenvalue weighted by molar-refractivity contribution is 6.41. The SMILES string of the molecule is CCOC(=O)C(=NNc1cccc(OC)c1)N1CCCc2ccccc21. The second-order valence-electron chi connectivity index (χ2n) is 5.88. The Morgan fingerprint density at radius 3 is 2.88 bits per heavy atom. The molecule has 6 nitrogen and oxygen atoms in total. The lowest BCUT2D eigenvalue weighted by Crippen LogP contribution is -2.41. The predicted octanol–water partition coefficient (Wildman–Crippen LogP) is 3.44. The largest absolute Gasteiger partial charge is 0.497 e. The molecule has 2 aromatic carbocycles. The van der Waals surface area contributed by atoms with Gasteiger partial charge in [-0.05, 0) is 43.5 Å². The maximum atomic E-state index is 12.5. The zero-order chi connectivity index (χ0) is 18.4. The van der Waals surface area contributed by atoms with Crippen molar-refractivity contribution in [2.24, 2.45) is 5.10 Å². The van der Waals surface area contributed by atoms with Gasteiger partial charge in [-0.15, -0.1) is 5.10 Å². The second kappa shape index (κ2) is 8.38. The van der Waals surface area contributed by atoms with Crippen LogP contribution in [0, 0.1) is 0 Å². The van der Waals surface area contributed by atoms with Gasteiger partial charge in [0.1, 0.15) is 5.75 Å². The van der Waals surface area contributed by atoms with Crippen LogP contribution in [0.1, 0.15) is 18.9 Å². The maximum absolute atomic E-state index is 12.5. The van der Waals surface area contributed by atoms with Crippen LogP contribution in [0.3, 0.4) is 0 Å². The highest BCUT2D eigenvalue weighted by atomic mass is 16.5. The Bertz CT molecular complexity index is 804. The van der Waals surface area contributed by atoms with E-state index in [0.29, 0.717) is 18.9 Å². The fraction of sp³-hybridized carbons (Fsp3) is 0.300. The van der Waals surface area contributed by atoms with Crippen molar-refractivity contribution in [3.8, 4) is 5.75 Å². The Morgan fingerprint density at radius 2 is 2.08 bits per heavy atom. The van der Waals surface area contributed by atoms with Gasteiger partial charge in [-0.1, -0.05) is 24.3 Å². The molecule has 0 amide bonds. The summed E-state index contributed by atoms with van der Waals surface area (Å²) in [5.74, 6) is 0.521. The van der Waals surface area contributed by atoms with Gasteiger partial charge in [0.25, 0.3) is 0 Å². The van der Waals surface area contributed by atoms with Gasteiger partial charge >= 0.3 is 5.97 Å². The summed E-state index contributed by atoms with van der Waals surface area (Å²) in [6.45, 7) is 2.80. The maximum Gasteiger partial charge on any atom is 0.376 e. The zero-order valence-electron chi connectivity index (χ0n) is 15.1. The molecule has 0 unspecified atom stereocenters. The standard InChI is InChI=1S/C20H23N3O3/c1-3-26-20(24)19(22-21-16-10-6-11-17(14-16)25-2)23-13-7-9-15-8-4-5-12-18(15)23/h4-6,8,10-12,14,21H,3,7,9,13H2,1-2H3. The molecule has 0 radical (unpaired) electrons. The number of rotatable bonds is 4. The minimum absolute atomic E-state index is 0.252. The average molecular weight is 353 g/mol. The molecule has 0 saturated heterocycles. The van der Waals surface area contributed by atoms with Gasteiger partial charge in [-0.2, -0.15) is 0 Å². The number of hydrazone groups is 1. The van der Waals surface area contributed by atoms with Gasteiger partial charge in [-0.3, -0.25) is 5.43 Å². The van der Waals surface area contributed by atoms with E-state index in [2.05, 4.69) is 16.6 Å². The van der Waals surface area contributed by atoms with Crippen LogP contribution >= 0.6 is 0 Å². The Labute approximate surface area is 153 Å². The molecular formula is C20H23N3O3. The third-order valence-electron chi connectivity index (χ3n) is 4.18. The summed E-state index contributed by atoms with van der Waals surface area (Å²) >= 11 is 0. The average Bonchev–Trinajstić information content (AvgIpc) is 2.68. The number of ether oxygens (including phenoxy) is 2.